The van der Waals surface area contributed by atoms with Gasteiger partial charge in [0.2, 0.25) is 5.89 Å². The van der Waals surface area contributed by atoms with Crippen molar-refractivity contribution in [1.82, 2.24) is 10.3 Å². The molecule has 4 aromatic rings. The zero-order valence-corrected chi connectivity index (χ0v) is 20.1. The fraction of sp³-hybridized carbons (Fsp3) is 0.160. The van der Waals surface area contributed by atoms with E-state index in [2.05, 4.69) is 57.5 Å². The van der Waals surface area contributed by atoms with Gasteiger partial charge < -0.3 is 9.73 Å². The summed E-state index contributed by atoms with van der Waals surface area (Å²) in [7, 11) is 0. The Labute approximate surface area is 200 Å². The Balaban J connectivity index is 1.44. The van der Waals surface area contributed by atoms with Gasteiger partial charge in [0.25, 0.3) is 5.91 Å². The molecule has 0 aliphatic rings. The fourth-order valence-corrected chi connectivity index (χ4v) is 3.96. The molecule has 0 fully saturated rings. The van der Waals surface area contributed by atoms with E-state index in [0.717, 1.165) is 28.8 Å². The van der Waals surface area contributed by atoms with Crippen LogP contribution in [0.15, 0.2) is 75.6 Å². The topological polar surface area (TPSA) is 67.2 Å². The van der Waals surface area contributed by atoms with Gasteiger partial charge in [-0.1, -0.05) is 32.0 Å². The first-order valence-electron chi connectivity index (χ1n) is 10.3. The van der Waals surface area contributed by atoms with Crippen LogP contribution in [0.2, 0.25) is 0 Å². The Kier molecular flexibility index (Phi) is 6.67. The Hall–Kier alpha value is -3.03. The average molecular weight is 508 g/mol. The molecule has 4 rings (SSSR count). The maximum Gasteiger partial charge on any atom is 0.258 e. The van der Waals surface area contributed by atoms with Crippen molar-refractivity contribution >= 4 is 56.0 Å². The van der Waals surface area contributed by atoms with Crippen LogP contribution in [0.1, 0.15) is 42.1 Å². The number of hydrogen-bond acceptors (Lipinski definition) is 4. The van der Waals surface area contributed by atoms with Gasteiger partial charge in [-0.15, -0.1) is 0 Å². The fourth-order valence-electron chi connectivity index (χ4n) is 3.28. The van der Waals surface area contributed by atoms with Gasteiger partial charge in [-0.2, -0.15) is 0 Å². The number of fused-ring (bicyclic) bond motifs is 1. The molecule has 1 heterocycles. The normalized spacial score (nSPS) is 11.8. The molecular formula is C25H22BrN3O2S. The molecule has 0 unspecified atom stereocenters. The number of oxazole rings is 1. The van der Waals surface area contributed by atoms with Crippen molar-refractivity contribution in [3.8, 4) is 11.5 Å². The Bertz CT molecular complexity index is 1280. The van der Waals surface area contributed by atoms with E-state index < -0.39 is 0 Å². The number of rotatable bonds is 5. The molecule has 0 saturated carbocycles. The summed E-state index contributed by atoms with van der Waals surface area (Å²) in [5.74, 6) is 0.768. The van der Waals surface area contributed by atoms with Gasteiger partial charge in [0.05, 0.1) is 5.56 Å². The molecular weight excluding hydrogens is 486 g/mol. The van der Waals surface area contributed by atoms with Crippen molar-refractivity contribution in [3.63, 3.8) is 0 Å². The minimum atomic E-state index is -0.283. The number of halogens is 1. The minimum absolute atomic E-state index is 0.220. The van der Waals surface area contributed by atoms with E-state index in [0.29, 0.717) is 21.8 Å². The lowest BCUT2D eigenvalue weighted by Crippen LogP contribution is -2.34. The lowest BCUT2D eigenvalue weighted by Gasteiger charge is -2.10. The standard InChI is InChI=1S/C25H22BrN3O2S/c1-3-15(2)17-10-13-22-21(14-17)28-24(31-22)16-8-11-18(12-9-16)27-25(32)29-23(30)19-6-4-5-7-20(19)26/h4-15H,3H2,1-2H3,(H2,27,29,30,32)/t15-/m1/s1. The molecule has 5 nitrogen and oxygen atoms in total. The van der Waals surface area contributed by atoms with E-state index in [9.17, 15) is 4.79 Å². The van der Waals surface area contributed by atoms with E-state index in [4.69, 9.17) is 16.6 Å². The van der Waals surface area contributed by atoms with Gasteiger partial charge in [-0.25, -0.2) is 4.98 Å². The van der Waals surface area contributed by atoms with E-state index in [1.807, 2.05) is 36.4 Å². The first-order chi connectivity index (χ1) is 15.4. The second-order valence-corrected chi connectivity index (χ2v) is 8.78. The Morgan fingerprint density at radius 3 is 2.59 bits per heavy atom. The molecule has 2 N–H and O–H groups in total. The lowest BCUT2D eigenvalue weighted by molar-refractivity contribution is 0.0977. The average Bonchev–Trinajstić information content (AvgIpc) is 3.22. The number of carbonyl (C=O) groups excluding carboxylic acids is 1. The number of thiocarbonyl (C=S) groups is 1. The van der Waals surface area contributed by atoms with Crippen LogP contribution >= 0.6 is 28.1 Å². The lowest BCUT2D eigenvalue weighted by atomic mass is 9.98. The molecule has 7 heteroatoms. The van der Waals surface area contributed by atoms with Gasteiger partial charge in [-0.05, 0) is 94.6 Å². The first-order valence-corrected chi connectivity index (χ1v) is 11.5. The van der Waals surface area contributed by atoms with Crippen LogP contribution in [-0.2, 0) is 0 Å². The molecule has 0 spiro atoms. The number of aromatic nitrogens is 1. The van der Waals surface area contributed by atoms with Crippen molar-refractivity contribution in [2.45, 2.75) is 26.2 Å². The second-order valence-electron chi connectivity index (χ2n) is 7.52. The van der Waals surface area contributed by atoms with Crippen LogP contribution in [0.3, 0.4) is 0 Å². The summed E-state index contributed by atoms with van der Waals surface area (Å²) in [5.41, 5.74) is 5.01. The zero-order valence-electron chi connectivity index (χ0n) is 17.7. The van der Waals surface area contributed by atoms with Crippen LogP contribution < -0.4 is 10.6 Å². The third-order valence-corrected chi connectivity index (χ3v) is 6.22. The quantitative estimate of drug-likeness (QED) is 0.287. The van der Waals surface area contributed by atoms with E-state index in [-0.39, 0.29) is 11.0 Å². The highest BCUT2D eigenvalue weighted by molar-refractivity contribution is 9.10. The summed E-state index contributed by atoms with van der Waals surface area (Å²) >= 11 is 8.65. The number of anilines is 1. The molecule has 0 aliphatic carbocycles. The molecule has 32 heavy (non-hydrogen) atoms. The van der Waals surface area contributed by atoms with Crippen LogP contribution in [0.25, 0.3) is 22.6 Å². The molecule has 0 radical (unpaired) electrons. The molecule has 162 valence electrons. The summed E-state index contributed by atoms with van der Waals surface area (Å²) in [6.07, 6.45) is 1.08. The van der Waals surface area contributed by atoms with Gasteiger partial charge in [0, 0.05) is 15.7 Å². The number of carbonyl (C=O) groups is 1. The summed E-state index contributed by atoms with van der Waals surface area (Å²) in [4.78, 5) is 17.0. The molecule has 3 aromatic carbocycles. The van der Waals surface area contributed by atoms with Gasteiger partial charge in [0.1, 0.15) is 5.52 Å². The number of benzene rings is 3. The van der Waals surface area contributed by atoms with Crippen molar-refractivity contribution in [2.24, 2.45) is 0 Å². The highest BCUT2D eigenvalue weighted by Gasteiger charge is 2.13. The Morgan fingerprint density at radius 2 is 1.88 bits per heavy atom. The molecule has 1 amide bonds. The summed E-state index contributed by atoms with van der Waals surface area (Å²) < 4.78 is 6.65. The highest BCUT2D eigenvalue weighted by atomic mass is 79.9. The third kappa shape index (κ3) is 4.89. The monoisotopic (exact) mass is 507 g/mol. The van der Waals surface area contributed by atoms with E-state index >= 15 is 0 Å². The number of nitrogens with zero attached hydrogens (tertiary/aromatic N) is 1. The van der Waals surface area contributed by atoms with Crippen LogP contribution in [0.4, 0.5) is 5.69 Å². The van der Waals surface area contributed by atoms with Crippen molar-refractivity contribution in [3.05, 3.63) is 82.3 Å². The van der Waals surface area contributed by atoms with Crippen LogP contribution in [0, 0.1) is 0 Å². The van der Waals surface area contributed by atoms with Crippen LogP contribution in [-0.4, -0.2) is 16.0 Å². The smallest absolute Gasteiger partial charge is 0.258 e. The SMILES string of the molecule is CC[C@@H](C)c1ccc2oc(-c3ccc(NC(=S)NC(=O)c4ccccc4Br)cc3)nc2c1. The number of nitrogens with one attached hydrogen (secondary N) is 2. The summed E-state index contributed by atoms with van der Waals surface area (Å²) in [5, 5.41) is 5.94. The third-order valence-electron chi connectivity index (χ3n) is 5.33. The van der Waals surface area contributed by atoms with Gasteiger partial charge in [0.15, 0.2) is 10.7 Å². The maximum absolute atomic E-state index is 12.4. The van der Waals surface area contributed by atoms with E-state index in [1.165, 1.54) is 5.56 Å². The van der Waals surface area contributed by atoms with Gasteiger partial charge >= 0.3 is 0 Å². The molecule has 0 bridgehead atoms. The van der Waals surface area contributed by atoms with E-state index in [1.54, 1.807) is 18.2 Å². The van der Waals surface area contributed by atoms with Crippen molar-refractivity contribution < 1.29 is 9.21 Å². The maximum atomic E-state index is 12.4. The second kappa shape index (κ2) is 9.63. The minimum Gasteiger partial charge on any atom is -0.436 e. The van der Waals surface area contributed by atoms with Crippen LogP contribution in [0.5, 0.6) is 0 Å². The molecule has 1 aromatic heterocycles. The number of amides is 1. The summed E-state index contributed by atoms with van der Waals surface area (Å²) in [6.45, 7) is 4.38. The van der Waals surface area contributed by atoms with Crippen molar-refractivity contribution in [1.29, 1.82) is 0 Å². The molecule has 1 atom stereocenters. The summed E-state index contributed by atoms with van der Waals surface area (Å²) in [6, 6.07) is 20.9. The number of hydrogen-bond donors (Lipinski definition) is 2. The molecule has 0 aliphatic heterocycles. The molecule has 0 saturated heterocycles. The van der Waals surface area contributed by atoms with Crippen molar-refractivity contribution in [2.75, 3.05) is 5.32 Å². The van der Waals surface area contributed by atoms with Gasteiger partial charge in [-0.3, -0.25) is 10.1 Å². The predicted octanol–water partition coefficient (Wildman–Crippen LogP) is 6.90. The highest BCUT2D eigenvalue weighted by Crippen LogP contribution is 2.28. The predicted molar refractivity (Wildman–Crippen MR) is 136 cm³/mol. The first kappa shape index (κ1) is 22.2. The zero-order chi connectivity index (χ0) is 22.7. The largest absolute Gasteiger partial charge is 0.436 e. The Morgan fingerprint density at radius 1 is 1.12 bits per heavy atom.